The highest BCUT2D eigenvalue weighted by Gasteiger charge is 2.16. The monoisotopic (exact) mass is 389 g/mol. The average Bonchev–Trinajstić information content (AvgIpc) is 3.18. The molecule has 0 aliphatic heterocycles. The quantitative estimate of drug-likeness (QED) is 0.423. The lowest BCUT2D eigenvalue weighted by atomic mass is 10.1. The van der Waals surface area contributed by atoms with Crippen LogP contribution in [0.4, 0.5) is 0 Å². The lowest BCUT2D eigenvalue weighted by Crippen LogP contribution is -2.19. The number of benzene rings is 3. The second kappa shape index (κ2) is 6.87. The van der Waals surface area contributed by atoms with Crippen molar-refractivity contribution < 1.29 is 4.79 Å². The number of hydrogen-bond donors (Lipinski definition) is 0. The summed E-state index contributed by atoms with van der Waals surface area (Å²) in [7, 11) is 0. The fourth-order valence-electron chi connectivity index (χ4n) is 3.93. The fourth-order valence-corrected chi connectivity index (χ4v) is 3.93. The maximum Gasteiger partial charge on any atom is 0.262 e. The van der Waals surface area contributed by atoms with Crippen LogP contribution in [-0.4, -0.2) is 15.4 Å². The zero-order valence-electron chi connectivity index (χ0n) is 15.8. The molecule has 0 N–H and O–H groups in total. The van der Waals surface area contributed by atoms with E-state index in [2.05, 4.69) is 6.07 Å². The first-order valence-corrected chi connectivity index (χ1v) is 9.42. The van der Waals surface area contributed by atoms with Crippen LogP contribution in [0.15, 0.2) is 90.0 Å². The van der Waals surface area contributed by atoms with Gasteiger partial charge in [0.15, 0.2) is 6.29 Å². The van der Waals surface area contributed by atoms with Crippen LogP contribution in [0.1, 0.15) is 15.9 Å². The van der Waals surface area contributed by atoms with Crippen LogP contribution in [0.2, 0.25) is 0 Å². The summed E-state index contributed by atoms with van der Waals surface area (Å²) >= 11 is 0. The number of carbonyl (C=O) groups is 1. The Hall–Kier alpha value is -4.43. The van der Waals surface area contributed by atoms with Gasteiger partial charge in [0.2, 0.25) is 0 Å². The van der Waals surface area contributed by atoms with Gasteiger partial charge in [0.05, 0.1) is 28.0 Å². The maximum absolute atomic E-state index is 13.1. The molecule has 30 heavy (non-hydrogen) atoms. The number of aldehydes is 1. The number of carbonyl (C=O) groups excluding carboxylic acids is 1. The third-order valence-corrected chi connectivity index (χ3v) is 5.34. The first-order valence-electron chi connectivity index (χ1n) is 9.42. The minimum absolute atomic E-state index is 0.191. The summed E-state index contributed by atoms with van der Waals surface area (Å²) in [6.45, 7) is 0. The van der Waals surface area contributed by atoms with Crippen molar-refractivity contribution in [2.24, 2.45) is 0 Å². The van der Waals surface area contributed by atoms with Crippen molar-refractivity contribution in [1.82, 2.24) is 9.13 Å². The van der Waals surface area contributed by atoms with Gasteiger partial charge in [0, 0.05) is 23.2 Å². The summed E-state index contributed by atoms with van der Waals surface area (Å²) in [5.41, 5.74) is 2.63. The van der Waals surface area contributed by atoms with Crippen LogP contribution in [-0.2, 0) is 0 Å². The van der Waals surface area contributed by atoms with Crippen molar-refractivity contribution in [3.63, 3.8) is 0 Å². The lowest BCUT2D eigenvalue weighted by Gasteiger charge is -2.14. The molecule has 142 valence electrons. The van der Waals surface area contributed by atoms with E-state index in [0.29, 0.717) is 27.9 Å². The summed E-state index contributed by atoms with van der Waals surface area (Å²) in [5.74, 6) is 0. The van der Waals surface area contributed by atoms with Crippen molar-refractivity contribution >= 4 is 28.0 Å². The van der Waals surface area contributed by atoms with Crippen LogP contribution in [0.5, 0.6) is 0 Å². The number of hydrogen-bond acceptors (Lipinski definition) is 3. The second-order valence-electron chi connectivity index (χ2n) is 6.95. The molecule has 0 spiro atoms. The molecule has 0 aliphatic carbocycles. The summed E-state index contributed by atoms with van der Waals surface area (Å²) in [6.07, 6.45) is 4.16. The van der Waals surface area contributed by atoms with Gasteiger partial charge >= 0.3 is 0 Å². The third-order valence-electron chi connectivity index (χ3n) is 5.34. The standard InChI is InChI=1S/C25H15N3O2/c26-14-18-15-28(22-9-4-3-7-19(18)22)24-11-5-10-23(21(24)16-29)27-13-12-17-6-1-2-8-20(17)25(27)30/h1-13,15-16H. The molecule has 0 amide bonds. The van der Waals surface area contributed by atoms with Gasteiger partial charge < -0.3 is 4.57 Å². The van der Waals surface area contributed by atoms with Crippen molar-refractivity contribution in [3.8, 4) is 17.4 Å². The zero-order valence-corrected chi connectivity index (χ0v) is 15.8. The van der Waals surface area contributed by atoms with E-state index in [1.54, 1.807) is 30.6 Å². The summed E-state index contributed by atoms with van der Waals surface area (Å²) < 4.78 is 3.32. The van der Waals surface area contributed by atoms with Crippen LogP contribution in [0.3, 0.4) is 0 Å². The van der Waals surface area contributed by atoms with Crippen LogP contribution in [0.25, 0.3) is 33.1 Å². The molecule has 2 aromatic heterocycles. The van der Waals surface area contributed by atoms with Gasteiger partial charge in [-0.2, -0.15) is 5.26 Å². The smallest absolute Gasteiger partial charge is 0.262 e. The van der Waals surface area contributed by atoms with Gasteiger partial charge in [-0.25, -0.2) is 0 Å². The normalized spacial score (nSPS) is 10.9. The summed E-state index contributed by atoms with van der Waals surface area (Å²) in [4.78, 5) is 25.3. The van der Waals surface area contributed by atoms with Gasteiger partial charge in [0.25, 0.3) is 5.56 Å². The van der Waals surface area contributed by atoms with E-state index in [4.69, 9.17) is 0 Å². The van der Waals surface area contributed by atoms with Crippen molar-refractivity contribution in [1.29, 1.82) is 5.26 Å². The number of aromatic nitrogens is 2. The zero-order chi connectivity index (χ0) is 20.7. The molecule has 0 unspecified atom stereocenters. The molecular weight excluding hydrogens is 374 g/mol. The molecule has 0 fully saturated rings. The second-order valence-corrected chi connectivity index (χ2v) is 6.95. The molecule has 5 heteroatoms. The number of fused-ring (bicyclic) bond motifs is 2. The van der Waals surface area contributed by atoms with E-state index >= 15 is 0 Å². The van der Waals surface area contributed by atoms with Gasteiger partial charge in [0.1, 0.15) is 6.07 Å². The Kier molecular flexibility index (Phi) is 4.04. The highest BCUT2D eigenvalue weighted by Crippen LogP contribution is 2.28. The Morgan fingerprint density at radius 1 is 0.800 bits per heavy atom. The molecule has 5 aromatic rings. The van der Waals surface area contributed by atoms with Crippen molar-refractivity contribution in [3.05, 3.63) is 107 Å². The van der Waals surface area contributed by atoms with E-state index in [-0.39, 0.29) is 5.56 Å². The largest absolute Gasteiger partial charge is 0.314 e. The molecule has 0 atom stereocenters. The Morgan fingerprint density at radius 2 is 1.50 bits per heavy atom. The maximum atomic E-state index is 13.1. The molecule has 0 radical (unpaired) electrons. The predicted octanol–water partition coefficient (Wildman–Crippen LogP) is 4.62. The summed E-state index contributed by atoms with van der Waals surface area (Å²) in [6, 6.07) is 24.3. The Balaban J connectivity index is 1.81. The molecule has 0 aliphatic rings. The Labute approximate surface area is 171 Å². The molecule has 3 aromatic carbocycles. The van der Waals surface area contributed by atoms with Gasteiger partial charge in [-0.15, -0.1) is 0 Å². The minimum Gasteiger partial charge on any atom is -0.314 e. The SMILES string of the molecule is N#Cc1cn(-c2cccc(-n3ccc4ccccc4c3=O)c2C=O)c2ccccc12. The van der Waals surface area contributed by atoms with Gasteiger partial charge in [-0.3, -0.25) is 14.2 Å². The van der Waals surface area contributed by atoms with E-state index in [1.807, 2.05) is 59.2 Å². The van der Waals surface area contributed by atoms with Crippen LogP contribution >= 0.6 is 0 Å². The number of nitrogens with zero attached hydrogens (tertiary/aromatic N) is 3. The highest BCUT2D eigenvalue weighted by atomic mass is 16.1. The number of nitriles is 1. The molecule has 5 nitrogen and oxygen atoms in total. The van der Waals surface area contributed by atoms with Crippen LogP contribution < -0.4 is 5.56 Å². The van der Waals surface area contributed by atoms with Crippen molar-refractivity contribution in [2.75, 3.05) is 0 Å². The Bertz CT molecular complexity index is 1550. The number of rotatable bonds is 3. The van der Waals surface area contributed by atoms with E-state index in [1.165, 1.54) is 4.57 Å². The highest BCUT2D eigenvalue weighted by molar-refractivity contribution is 5.92. The molecule has 2 heterocycles. The predicted molar refractivity (Wildman–Crippen MR) is 116 cm³/mol. The Morgan fingerprint density at radius 3 is 2.27 bits per heavy atom. The topological polar surface area (TPSA) is 67.8 Å². The number of para-hydroxylation sites is 1. The van der Waals surface area contributed by atoms with Crippen molar-refractivity contribution in [2.45, 2.75) is 0 Å². The first-order chi connectivity index (χ1) is 14.7. The molecule has 0 bridgehead atoms. The first kappa shape index (κ1) is 17.7. The minimum atomic E-state index is -0.191. The average molecular weight is 389 g/mol. The molecule has 0 saturated heterocycles. The third kappa shape index (κ3) is 2.55. The fraction of sp³-hybridized carbons (Fsp3) is 0. The summed E-state index contributed by atoms with van der Waals surface area (Å²) in [5, 5.41) is 11.8. The van der Waals surface area contributed by atoms with Gasteiger partial charge in [-0.05, 0) is 35.7 Å². The molecular formula is C25H15N3O2. The molecule has 5 rings (SSSR count). The van der Waals surface area contributed by atoms with Crippen LogP contribution in [0, 0.1) is 11.3 Å². The molecule has 0 saturated carbocycles. The lowest BCUT2D eigenvalue weighted by molar-refractivity contribution is 0.112. The number of pyridine rings is 1. The van der Waals surface area contributed by atoms with E-state index < -0.39 is 0 Å². The van der Waals surface area contributed by atoms with E-state index in [9.17, 15) is 14.9 Å². The van der Waals surface area contributed by atoms with Gasteiger partial charge in [-0.1, -0.05) is 42.5 Å². The van der Waals surface area contributed by atoms with E-state index in [0.717, 1.165) is 22.6 Å².